The SMILES string of the molecule is C[C@H](NS(=O)(=O)c1ccc(N)cc1)c1ccc(Br)cc1. The van der Waals surface area contributed by atoms with Crippen molar-refractivity contribution in [3.63, 3.8) is 0 Å². The van der Waals surface area contributed by atoms with Crippen molar-refractivity contribution in [1.29, 1.82) is 0 Å². The Bertz CT molecular complexity index is 682. The molecule has 0 unspecified atom stereocenters. The fraction of sp³-hybridized carbons (Fsp3) is 0.143. The van der Waals surface area contributed by atoms with Gasteiger partial charge in [-0.1, -0.05) is 28.1 Å². The van der Waals surface area contributed by atoms with Crippen LogP contribution in [-0.2, 0) is 10.0 Å². The van der Waals surface area contributed by atoms with Crippen LogP contribution in [-0.4, -0.2) is 8.42 Å². The van der Waals surface area contributed by atoms with Crippen molar-refractivity contribution in [2.24, 2.45) is 0 Å². The molecule has 2 aromatic rings. The Kier molecular flexibility index (Phi) is 4.47. The molecular formula is C14H15BrN2O2S. The van der Waals surface area contributed by atoms with Crippen LogP contribution in [0.4, 0.5) is 5.69 Å². The molecule has 4 nitrogen and oxygen atoms in total. The van der Waals surface area contributed by atoms with Gasteiger partial charge < -0.3 is 5.73 Å². The number of nitrogen functional groups attached to an aromatic ring is 1. The van der Waals surface area contributed by atoms with Gasteiger partial charge >= 0.3 is 0 Å². The lowest BCUT2D eigenvalue weighted by Gasteiger charge is -2.15. The molecule has 20 heavy (non-hydrogen) atoms. The van der Waals surface area contributed by atoms with Crippen LogP contribution in [0.1, 0.15) is 18.5 Å². The van der Waals surface area contributed by atoms with Gasteiger partial charge in [0.25, 0.3) is 0 Å². The van der Waals surface area contributed by atoms with Gasteiger partial charge in [-0.2, -0.15) is 0 Å². The Morgan fingerprint density at radius 3 is 2.15 bits per heavy atom. The lowest BCUT2D eigenvalue weighted by Crippen LogP contribution is -2.26. The largest absolute Gasteiger partial charge is 0.399 e. The van der Waals surface area contributed by atoms with Crippen molar-refractivity contribution in [1.82, 2.24) is 4.72 Å². The maximum atomic E-state index is 12.2. The van der Waals surface area contributed by atoms with Crippen molar-refractivity contribution in [3.05, 3.63) is 58.6 Å². The number of nitrogens with one attached hydrogen (secondary N) is 1. The molecule has 0 aliphatic heterocycles. The van der Waals surface area contributed by atoms with Gasteiger partial charge in [0.1, 0.15) is 0 Å². The van der Waals surface area contributed by atoms with Crippen molar-refractivity contribution in [2.75, 3.05) is 5.73 Å². The summed E-state index contributed by atoms with van der Waals surface area (Å²) in [6.45, 7) is 1.80. The van der Waals surface area contributed by atoms with E-state index in [0.29, 0.717) is 5.69 Å². The molecule has 2 rings (SSSR count). The van der Waals surface area contributed by atoms with Gasteiger partial charge in [-0.15, -0.1) is 0 Å². The second kappa shape index (κ2) is 5.95. The number of hydrogen-bond donors (Lipinski definition) is 2. The van der Waals surface area contributed by atoms with E-state index in [1.165, 1.54) is 12.1 Å². The summed E-state index contributed by atoms with van der Waals surface area (Å²) in [6.07, 6.45) is 0. The van der Waals surface area contributed by atoms with Gasteiger partial charge in [0.05, 0.1) is 4.90 Å². The van der Waals surface area contributed by atoms with Crippen molar-refractivity contribution in [2.45, 2.75) is 17.9 Å². The second-order valence-corrected chi connectivity index (χ2v) is 7.09. The number of anilines is 1. The molecule has 0 radical (unpaired) electrons. The first-order chi connectivity index (χ1) is 9.38. The Balaban J connectivity index is 2.19. The lowest BCUT2D eigenvalue weighted by atomic mass is 10.1. The van der Waals surface area contributed by atoms with E-state index in [1.807, 2.05) is 24.3 Å². The maximum Gasteiger partial charge on any atom is 0.241 e. The first kappa shape index (κ1) is 15.0. The van der Waals surface area contributed by atoms with E-state index >= 15 is 0 Å². The minimum atomic E-state index is -3.55. The van der Waals surface area contributed by atoms with E-state index in [0.717, 1.165) is 10.0 Å². The van der Waals surface area contributed by atoms with Crippen LogP contribution in [0.15, 0.2) is 57.9 Å². The highest BCUT2D eigenvalue weighted by Crippen LogP contribution is 2.19. The van der Waals surface area contributed by atoms with E-state index in [4.69, 9.17) is 5.73 Å². The Morgan fingerprint density at radius 1 is 1.05 bits per heavy atom. The Morgan fingerprint density at radius 2 is 1.60 bits per heavy atom. The van der Waals surface area contributed by atoms with E-state index in [9.17, 15) is 8.42 Å². The quantitative estimate of drug-likeness (QED) is 0.828. The summed E-state index contributed by atoms with van der Waals surface area (Å²) in [5, 5.41) is 0. The monoisotopic (exact) mass is 354 g/mol. The van der Waals surface area contributed by atoms with Crippen LogP contribution in [0, 0.1) is 0 Å². The van der Waals surface area contributed by atoms with Crippen LogP contribution in [0.2, 0.25) is 0 Å². The zero-order chi connectivity index (χ0) is 14.8. The highest BCUT2D eigenvalue weighted by Gasteiger charge is 2.18. The molecule has 3 N–H and O–H groups in total. The smallest absolute Gasteiger partial charge is 0.241 e. The third kappa shape index (κ3) is 3.59. The molecule has 0 saturated heterocycles. The lowest BCUT2D eigenvalue weighted by molar-refractivity contribution is 0.567. The number of rotatable bonds is 4. The van der Waals surface area contributed by atoms with Crippen LogP contribution in [0.3, 0.4) is 0 Å². The van der Waals surface area contributed by atoms with Crippen LogP contribution in [0.25, 0.3) is 0 Å². The first-order valence-corrected chi connectivity index (χ1v) is 8.29. The topological polar surface area (TPSA) is 72.2 Å². The molecule has 106 valence electrons. The third-order valence-electron chi connectivity index (χ3n) is 2.89. The fourth-order valence-corrected chi connectivity index (χ4v) is 3.26. The number of hydrogen-bond acceptors (Lipinski definition) is 3. The average molecular weight is 355 g/mol. The van der Waals surface area contributed by atoms with E-state index in [2.05, 4.69) is 20.7 Å². The van der Waals surface area contributed by atoms with Gasteiger partial charge in [-0.05, 0) is 48.9 Å². The minimum Gasteiger partial charge on any atom is -0.399 e. The Labute approximate surface area is 127 Å². The van der Waals surface area contributed by atoms with Gasteiger partial charge in [-0.25, -0.2) is 13.1 Å². The molecular weight excluding hydrogens is 340 g/mol. The van der Waals surface area contributed by atoms with Crippen LogP contribution < -0.4 is 10.5 Å². The highest BCUT2D eigenvalue weighted by molar-refractivity contribution is 9.10. The standard InChI is InChI=1S/C14H15BrN2O2S/c1-10(11-2-4-12(15)5-3-11)17-20(18,19)14-8-6-13(16)7-9-14/h2-10,17H,16H2,1H3/t10-/m0/s1. The van der Waals surface area contributed by atoms with E-state index in [-0.39, 0.29) is 10.9 Å². The molecule has 0 aliphatic carbocycles. The van der Waals surface area contributed by atoms with Crippen molar-refractivity contribution >= 4 is 31.6 Å². The summed E-state index contributed by atoms with van der Waals surface area (Å²) >= 11 is 3.35. The minimum absolute atomic E-state index is 0.204. The molecule has 0 aromatic heterocycles. The predicted molar refractivity (Wildman–Crippen MR) is 83.7 cm³/mol. The summed E-state index contributed by atoms with van der Waals surface area (Å²) in [5.41, 5.74) is 6.98. The summed E-state index contributed by atoms with van der Waals surface area (Å²) < 4.78 is 28.1. The zero-order valence-electron chi connectivity index (χ0n) is 10.9. The fourth-order valence-electron chi connectivity index (χ4n) is 1.77. The third-order valence-corrected chi connectivity index (χ3v) is 4.98. The zero-order valence-corrected chi connectivity index (χ0v) is 13.3. The molecule has 0 aliphatic rings. The molecule has 0 heterocycles. The summed E-state index contributed by atoms with van der Waals surface area (Å²) in [7, 11) is -3.55. The highest BCUT2D eigenvalue weighted by atomic mass is 79.9. The number of benzene rings is 2. The predicted octanol–water partition coefficient (Wildman–Crippen LogP) is 3.07. The van der Waals surface area contributed by atoms with Crippen molar-refractivity contribution in [3.8, 4) is 0 Å². The Hall–Kier alpha value is -1.37. The molecule has 0 fully saturated rings. The van der Waals surface area contributed by atoms with Crippen molar-refractivity contribution < 1.29 is 8.42 Å². The molecule has 0 amide bonds. The number of halogens is 1. The van der Waals surface area contributed by atoms with Gasteiger partial charge in [0, 0.05) is 16.2 Å². The van der Waals surface area contributed by atoms with Crippen LogP contribution in [0.5, 0.6) is 0 Å². The number of nitrogens with two attached hydrogens (primary N) is 1. The normalized spacial score (nSPS) is 13.1. The summed E-state index contributed by atoms with van der Waals surface area (Å²) in [4.78, 5) is 0.204. The van der Waals surface area contributed by atoms with Gasteiger partial charge in [0.15, 0.2) is 0 Å². The molecule has 1 atom stereocenters. The number of sulfonamides is 1. The van der Waals surface area contributed by atoms with E-state index < -0.39 is 10.0 Å². The molecule has 2 aromatic carbocycles. The molecule has 0 saturated carbocycles. The average Bonchev–Trinajstić information content (AvgIpc) is 2.39. The molecule has 6 heteroatoms. The second-order valence-electron chi connectivity index (χ2n) is 4.46. The molecule has 0 bridgehead atoms. The van der Waals surface area contributed by atoms with Crippen LogP contribution >= 0.6 is 15.9 Å². The maximum absolute atomic E-state index is 12.2. The van der Waals surface area contributed by atoms with Gasteiger partial charge in [0.2, 0.25) is 10.0 Å². The van der Waals surface area contributed by atoms with Gasteiger partial charge in [-0.3, -0.25) is 0 Å². The molecule has 0 spiro atoms. The van der Waals surface area contributed by atoms with E-state index in [1.54, 1.807) is 19.1 Å². The summed E-state index contributed by atoms with van der Waals surface area (Å²) in [5.74, 6) is 0. The first-order valence-electron chi connectivity index (χ1n) is 6.02. The summed E-state index contributed by atoms with van der Waals surface area (Å²) in [6, 6.07) is 13.3.